The summed E-state index contributed by atoms with van der Waals surface area (Å²) in [4.78, 5) is 6.52. The van der Waals surface area contributed by atoms with E-state index in [1.807, 2.05) is 18.2 Å². The van der Waals surface area contributed by atoms with E-state index in [0.717, 1.165) is 44.0 Å². The van der Waals surface area contributed by atoms with Crippen LogP contribution in [0.1, 0.15) is 18.4 Å². The van der Waals surface area contributed by atoms with E-state index in [2.05, 4.69) is 27.1 Å². The molecular weight excluding hydrogens is 418 g/mol. The van der Waals surface area contributed by atoms with Crippen LogP contribution in [-0.4, -0.2) is 44.1 Å². The molecule has 0 saturated carbocycles. The second-order valence-corrected chi connectivity index (χ2v) is 5.93. The summed E-state index contributed by atoms with van der Waals surface area (Å²) in [5.74, 6) is 1.35. The molecule has 0 spiro atoms. The number of guanidine groups is 1. The summed E-state index contributed by atoms with van der Waals surface area (Å²) in [7, 11) is 1.77. The van der Waals surface area contributed by atoms with Gasteiger partial charge in [-0.2, -0.15) is 0 Å². The molecule has 1 aliphatic rings. The summed E-state index contributed by atoms with van der Waals surface area (Å²) in [5, 5.41) is 6.54. The van der Waals surface area contributed by atoms with Crippen LogP contribution in [0.15, 0.2) is 41.9 Å². The maximum atomic E-state index is 13.7. The SMILES string of the molecule is C=CCNC(=NC)NCC1CCN(Cc2ccccc2F)CC1.I. The molecule has 24 heavy (non-hydrogen) atoms. The van der Waals surface area contributed by atoms with E-state index in [1.165, 1.54) is 6.07 Å². The summed E-state index contributed by atoms with van der Waals surface area (Å²) in [6.07, 6.45) is 4.06. The predicted molar refractivity (Wildman–Crippen MR) is 109 cm³/mol. The summed E-state index contributed by atoms with van der Waals surface area (Å²) < 4.78 is 13.7. The molecule has 0 aromatic heterocycles. The Morgan fingerprint density at radius 2 is 2.04 bits per heavy atom. The molecule has 1 aromatic carbocycles. The molecule has 0 aliphatic carbocycles. The van der Waals surface area contributed by atoms with Gasteiger partial charge in [-0.05, 0) is 37.9 Å². The highest BCUT2D eigenvalue weighted by molar-refractivity contribution is 14.0. The van der Waals surface area contributed by atoms with E-state index >= 15 is 0 Å². The van der Waals surface area contributed by atoms with Crippen molar-refractivity contribution in [1.82, 2.24) is 15.5 Å². The standard InChI is InChI=1S/C18H27FN4.HI/c1-3-10-21-18(20-2)22-13-15-8-11-23(12-9-15)14-16-6-4-5-7-17(16)19;/h3-7,15H,1,8-14H2,2H3,(H2,20,21,22);1H. The van der Waals surface area contributed by atoms with Crippen molar-refractivity contribution in [3.05, 3.63) is 48.3 Å². The molecule has 0 radical (unpaired) electrons. The van der Waals surface area contributed by atoms with Gasteiger partial charge in [0, 0.05) is 32.2 Å². The highest BCUT2D eigenvalue weighted by Gasteiger charge is 2.20. The van der Waals surface area contributed by atoms with E-state index in [9.17, 15) is 4.39 Å². The van der Waals surface area contributed by atoms with E-state index < -0.39 is 0 Å². The number of benzene rings is 1. The minimum Gasteiger partial charge on any atom is -0.356 e. The van der Waals surface area contributed by atoms with Crippen LogP contribution in [0, 0.1) is 11.7 Å². The van der Waals surface area contributed by atoms with E-state index in [4.69, 9.17) is 0 Å². The minimum atomic E-state index is -0.103. The first-order chi connectivity index (χ1) is 11.2. The number of hydrogen-bond donors (Lipinski definition) is 2. The van der Waals surface area contributed by atoms with Crippen LogP contribution in [0.5, 0.6) is 0 Å². The Morgan fingerprint density at radius 3 is 2.67 bits per heavy atom. The van der Waals surface area contributed by atoms with Crippen molar-refractivity contribution < 1.29 is 4.39 Å². The van der Waals surface area contributed by atoms with Gasteiger partial charge in [0.2, 0.25) is 0 Å². The van der Waals surface area contributed by atoms with Crippen molar-refractivity contribution >= 4 is 29.9 Å². The fourth-order valence-electron chi connectivity index (χ4n) is 2.85. The quantitative estimate of drug-likeness (QED) is 0.306. The lowest BCUT2D eigenvalue weighted by atomic mass is 9.96. The molecule has 2 N–H and O–H groups in total. The molecule has 134 valence electrons. The van der Waals surface area contributed by atoms with Crippen LogP contribution in [0.2, 0.25) is 0 Å². The smallest absolute Gasteiger partial charge is 0.191 e. The Morgan fingerprint density at radius 1 is 1.33 bits per heavy atom. The first-order valence-corrected chi connectivity index (χ1v) is 8.24. The number of rotatable bonds is 6. The van der Waals surface area contributed by atoms with Crippen molar-refractivity contribution in [3.8, 4) is 0 Å². The second-order valence-electron chi connectivity index (χ2n) is 5.93. The average Bonchev–Trinajstić information content (AvgIpc) is 2.58. The topological polar surface area (TPSA) is 39.7 Å². The van der Waals surface area contributed by atoms with Crippen LogP contribution < -0.4 is 10.6 Å². The lowest BCUT2D eigenvalue weighted by Crippen LogP contribution is -2.42. The Balaban J connectivity index is 0.00000288. The maximum Gasteiger partial charge on any atom is 0.191 e. The molecule has 1 heterocycles. The number of piperidine rings is 1. The zero-order valence-corrected chi connectivity index (χ0v) is 16.6. The van der Waals surface area contributed by atoms with E-state index in [-0.39, 0.29) is 29.8 Å². The highest BCUT2D eigenvalue weighted by Crippen LogP contribution is 2.19. The van der Waals surface area contributed by atoms with Gasteiger partial charge in [0.05, 0.1) is 0 Å². The largest absolute Gasteiger partial charge is 0.356 e. The molecule has 0 bridgehead atoms. The minimum absolute atomic E-state index is 0. The number of nitrogens with one attached hydrogen (secondary N) is 2. The zero-order chi connectivity index (χ0) is 16.5. The Kier molecular flexibility index (Phi) is 9.94. The lowest BCUT2D eigenvalue weighted by molar-refractivity contribution is 0.176. The highest BCUT2D eigenvalue weighted by atomic mass is 127. The predicted octanol–water partition coefficient (Wildman–Crippen LogP) is 3.01. The van der Waals surface area contributed by atoms with Crippen molar-refractivity contribution in [2.24, 2.45) is 10.9 Å². The van der Waals surface area contributed by atoms with Gasteiger partial charge in [0.1, 0.15) is 5.82 Å². The van der Waals surface area contributed by atoms with Crippen molar-refractivity contribution in [2.45, 2.75) is 19.4 Å². The molecule has 1 aromatic rings. The molecule has 2 rings (SSSR count). The molecule has 4 nitrogen and oxygen atoms in total. The van der Waals surface area contributed by atoms with Gasteiger partial charge in [0.25, 0.3) is 0 Å². The first-order valence-electron chi connectivity index (χ1n) is 8.24. The van der Waals surface area contributed by atoms with Crippen LogP contribution in [0.3, 0.4) is 0 Å². The average molecular weight is 446 g/mol. The third-order valence-electron chi connectivity index (χ3n) is 4.25. The van der Waals surface area contributed by atoms with E-state index in [0.29, 0.717) is 19.0 Å². The molecule has 1 saturated heterocycles. The van der Waals surface area contributed by atoms with Gasteiger partial charge in [-0.1, -0.05) is 24.3 Å². The Labute approximate surface area is 161 Å². The maximum absolute atomic E-state index is 13.7. The van der Waals surface area contributed by atoms with Gasteiger partial charge in [0.15, 0.2) is 5.96 Å². The normalized spacial score (nSPS) is 16.3. The first kappa shape index (κ1) is 20.9. The molecular formula is C18H28FIN4. The summed E-state index contributed by atoms with van der Waals surface area (Å²) in [5.41, 5.74) is 0.790. The molecule has 6 heteroatoms. The number of halogens is 2. The van der Waals surface area contributed by atoms with Gasteiger partial charge in [-0.3, -0.25) is 9.89 Å². The third-order valence-corrected chi connectivity index (χ3v) is 4.25. The van der Waals surface area contributed by atoms with Gasteiger partial charge in [-0.15, -0.1) is 30.6 Å². The Bertz CT molecular complexity index is 528. The van der Waals surface area contributed by atoms with Crippen LogP contribution in [-0.2, 0) is 6.54 Å². The second kappa shape index (κ2) is 11.4. The van der Waals surface area contributed by atoms with Crippen LogP contribution >= 0.6 is 24.0 Å². The van der Waals surface area contributed by atoms with Gasteiger partial charge >= 0.3 is 0 Å². The monoisotopic (exact) mass is 446 g/mol. The molecule has 0 unspecified atom stereocenters. The van der Waals surface area contributed by atoms with Crippen LogP contribution in [0.25, 0.3) is 0 Å². The van der Waals surface area contributed by atoms with Crippen molar-refractivity contribution in [3.63, 3.8) is 0 Å². The number of likely N-dealkylation sites (tertiary alicyclic amines) is 1. The van der Waals surface area contributed by atoms with Gasteiger partial charge < -0.3 is 10.6 Å². The molecule has 0 atom stereocenters. The van der Waals surface area contributed by atoms with Crippen molar-refractivity contribution in [2.75, 3.05) is 33.2 Å². The summed E-state index contributed by atoms with van der Waals surface area (Å²) in [6, 6.07) is 7.05. The number of nitrogens with zero attached hydrogens (tertiary/aromatic N) is 2. The molecule has 0 amide bonds. The molecule has 1 aliphatic heterocycles. The number of hydrogen-bond acceptors (Lipinski definition) is 2. The van der Waals surface area contributed by atoms with E-state index in [1.54, 1.807) is 13.1 Å². The summed E-state index contributed by atoms with van der Waals surface area (Å²) >= 11 is 0. The van der Waals surface area contributed by atoms with Crippen LogP contribution in [0.4, 0.5) is 4.39 Å². The Hall–Kier alpha value is -1.15. The fraction of sp³-hybridized carbons (Fsp3) is 0.500. The number of aliphatic imine (C=N–C) groups is 1. The molecule has 1 fully saturated rings. The zero-order valence-electron chi connectivity index (χ0n) is 14.3. The van der Waals surface area contributed by atoms with Crippen molar-refractivity contribution in [1.29, 1.82) is 0 Å². The van der Waals surface area contributed by atoms with Gasteiger partial charge in [-0.25, -0.2) is 4.39 Å². The lowest BCUT2D eigenvalue weighted by Gasteiger charge is -2.32. The summed E-state index contributed by atoms with van der Waals surface area (Å²) in [6.45, 7) is 8.05. The fourth-order valence-corrected chi connectivity index (χ4v) is 2.85. The third kappa shape index (κ3) is 6.76.